The molecule has 0 saturated heterocycles. The van der Waals surface area contributed by atoms with Crippen LogP contribution in [0.2, 0.25) is 5.02 Å². The summed E-state index contributed by atoms with van der Waals surface area (Å²) in [5, 5.41) is 3.25. The monoisotopic (exact) mass is 319 g/mol. The Bertz CT molecular complexity index is 617. The first-order chi connectivity index (χ1) is 10.7. The average molecular weight is 320 g/mol. The number of nitrogens with one attached hydrogen (secondary N) is 1. The van der Waals surface area contributed by atoms with E-state index in [1.807, 2.05) is 30.3 Å². The Morgan fingerprint density at radius 3 is 2.68 bits per heavy atom. The zero-order chi connectivity index (χ0) is 15.8. The molecule has 0 bridgehead atoms. The van der Waals surface area contributed by atoms with Crippen molar-refractivity contribution in [3.05, 3.63) is 64.7 Å². The highest BCUT2D eigenvalue weighted by atomic mass is 35.5. The van der Waals surface area contributed by atoms with Crippen molar-refractivity contribution in [1.82, 2.24) is 5.32 Å². The van der Waals surface area contributed by atoms with Gasteiger partial charge in [0, 0.05) is 18.7 Å². The molecular formula is C17H18ClNO3. The maximum Gasteiger partial charge on any atom is 0.255 e. The van der Waals surface area contributed by atoms with Crippen LogP contribution in [0.15, 0.2) is 48.5 Å². The molecule has 0 aromatic heterocycles. The molecule has 2 rings (SSSR count). The summed E-state index contributed by atoms with van der Waals surface area (Å²) in [6, 6.07) is 14.8. The first-order valence-corrected chi connectivity index (χ1v) is 7.32. The molecule has 1 amide bonds. The standard InChI is InChI=1S/C17H18ClNO3/c1-21-10-9-19-17(20)15-11-14(18)7-8-16(15)22-12-13-5-3-2-4-6-13/h2-8,11H,9-10,12H2,1H3,(H,19,20). The Balaban J connectivity index is 2.08. The van der Waals surface area contributed by atoms with Crippen LogP contribution >= 0.6 is 11.6 Å². The van der Waals surface area contributed by atoms with E-state index in [-0.39, 0.29) is 5.91 Å². The lowest BCUT2D eigenvalue weighted by molar-refractivity contribution is 0.0932. The summed E-state index contributed by atoms with van der Waals surface area (Å²) in [4.78, 5) is 12.2. The number of methoxy groups -OCH3 is 1. The molecule has 0 heterocycles. The summed E-state index contributed by atoms with van der Waals surface area (Å²) in [7, 11) is 1.58. The topological polar surface area (TPSA) is 47.6 Å². The minimum Gasteiger partial charge on any atom is -0.488 e. The Kier molecular flexibility index (Phi) is 6.25. The van der Waals surface area contributed by atoms with Crippen molar-refractivity contribution in [2.45, 2.75) is 6.61 Å². The second-order valence-corrected chi connectivity index (χ2v) is 5.10. The molecule has 1 N–H and O–H groups in total. The number of hydrogen-bond donors (Lipinski definition) is 1. The van der Waals surface area contributed by atoms with Crippen molar-refractivity contribution in [3.8, 4) is 5.75 Å². The lowest BCUT2D eigenvalue weighted by Gasteiger charge is -2.12. The SMILES string of the molecule is COCCNC(=O)c1cc(Cl)ccc1OCc1ccccc1. The van der Waals surface area contributed by atoms with Gasteiger partial charge in [-0.2, -0.15) is 0 Å². The largest absolute Gasteiger partial charge is 0.488 e. The first kappa shape index (κ1) is 16.3. The van der Waals surface area contributed by atoms with Crippen LogP contribution in [-0.4, -0.2) is 26.2 Å². The molecule has 4 nitrogen and oxygen atoms in total. The molecule has 0 aliphatic rings. The highest BCUT2D eigenvalue weighted by Crippen LogP contribution is 2.23. The molecule has 0 radical (unpaired) electrons. The number of rotatable bonds is 7. The van der Waals surface area contributed by atoms with Gasteiger partial charge in [-0.15, -0.1) is 0 Å². The summed E-state index contributed by atoms with van der Waals surface area (Å²) in [5.74, 6) is 0.269. The van der Waals surface area contributed by atoms with Gasteiger partial charge in [0.25, 0.3) is 5.91 Å². The summed E-state index contributed by atoms with van der Waals surface area (Å²) < 4.78 is 10.7. The molecule has 116 valence electrons. The maximum atomic E-state index is 12.2. The molecule has 0 aliphatic heterocycles. The molecule has 2 aromatic carbocycles. The van der Waals surface area contributed by atoms with Crippen LogP contribution < -0.4 is 10.1 Å². The van der Waals surface area contributed by atoms with Gasteiger partial charge >= 0.3 is 0 Å². The van der Waals surface area contributed by atoms with Gasteiger partial charge in [0.05, 0.1) is 12.2 Å². The Morgan fingerprint density at radius 1 is 1.18 bits per heavy atom. The Hall–Kier alpha value is -2.04. The van der Waals surface area contributed by atoms with Crippen molar-refractivity contribution < 1.29 is 14.3 Å². The van der Waals surface area contributed by atoms with Gasteiger partial charge in [0.1, 0.15) is 12.4 Å². The zero-order valence-corrected chi connectivity index (χ0v) is 13.1. The van der Waals surface area contributed by atoms with Gasteiger partial charge in [-0.25, -0.2) is 0 Å². The number of ether oxygens (including phenoxy) is 2. The van der Waals surface area contributed by atoms with Gasteiger partial charge in [0.2, 0.25) is 0 Å². The van der Waals surface area contributed by atoms with Gasteiger partial charge in [-0.05, 0) is 23.8 Å². The lowest BCUT2D eigenvalue weighted by Crippen LogP contribution is -2.27. The third-order valence-electron chi connectivity index (χ3n) is 3.02. The summed E-state index contributed by atoms with van der Waals surface area (Å²) in [5.41, 5.74) is 1.45. The number of halogens is 1. The molecule has 0 saturated carbocycles. The van der Waals surface area contributed by atoms with E-state index >= 15 is 0 Å². The van der Waals surface area contributed by atoms with E-state index in [2.05, 4.69) is 5.32 Å². The number of amides is 1. The first-order valence-electron chi connectivity index (χ1n) is 6.94. The van der Waals surface area contributed by atoms with E-state index in [0.717, 1.165) is 5.56 Å². The zero-order valence-electron chi connectivity index (χ0n) is 12.3. The summed E-state index contributed by atoms with van der Waals surface area (Å²) >= 11 is 5.98. The number of hydrogen-bond acceptors (Lipinski definition) is 3. The second kappa shape index (κ2) is 8.41. The lowest BCUT2D eigenvalue weighted by atomic mass is 10.2. The predicted molar refractivity (Wildman–Crippen MR) is 86.4 cm³/mol. The van der Waals surface area contributed by atoms with E-state index in [1.165, 1.54) is 0 Å². The quantitative estimate of drug-likeness (QED) is 0.797. The molecule has 2 aromatic rings. The van der Waals surface area contributed by atoms with Crippen molar-refractivity contribution in [2.75, 3.05) is 20.3 Å². The van der Waals surface area contributed by atoms with E-state index in [9.17, 15) is 4.79 Å². The van der Waals surface area contributed by atoms with E-state index < -0.39 is 0 Å². The fourth-order valence-electron chi connectivity index (χ4n) is 1.90. The smallest absolute Gasteiger partial charge is 0.255 e. The van der Waals surface area contributed by atoms with Crippen molar-refractivity contribution >= 4 is 17.5 Å². The molecule has 5 heteroatoms. The second-order valence-electron chi connectivity index (χ2n) is 4.66. The third kappa shape index (κ3) is 4.76. The van der Waals surface area contributed by atoms with E-state index in [4.69, 9.17) is 21.1 Å². The van der Waals surface area contributed by atoms with Crippen LogP contribution in [0, 0.1) is 0 Å². The fourth-order valence-corrected chi connectivity index (χ4v) is 2.07. The molecule has 0 unspecified atom stereocenters. The highest BCUT2D eigenvalue weighted by Gasteiger charge is 2.13. The molecule has 0 aliphatic carbocycles. The van der Waals surface area contributed by atoms with E-state index in [1.54, 1.807) is 25.3 Å². The van der Waals surface area contributed by atoms with Crippen LogP contribution in [0.3, 0.4) is 0 Å². The van der Waals surface area contributed by atoms with Crippen LogP contribution in [-0.2, 0) is 11.3 Å². The molecule has 0 atom stereocenters. The highest BCUT2D eigenvalue weighted by molar-refractivity contribution is 6.31. The minimum atomic E-state index is -0.234. The Labute approximate surface area is 135 Å². The minimum absolute atomic E-state index is 0.234. The summed E-state index contributed by atoms with van der Waals surface area (Å²) in [6.45, 7) is 1.27. The van der Waals surface area contributed by atoms with Gasteiger partial charge in [-0.3, -0.25) is 4.79 Å². The van der Waals surface area contributed by atoms with E-state index in [0.29, 0.717) is 36.1 Å². The van der Waals surface area contributed by atoms with Crippen molar-refractivity contribution in [1.29, 1.82) is 0 Å². The number of carbonyl (C=O) groups excluding carboxylic acids is 1. The van der Waals surface area contributed by atoms with Gasteiger partial charge in [-0.1, -0.05) is 41.9 Å². The normalized spacial score (nSPS) is 10.3. The molecular weight excluding hydrogens is 302 g/mol. The fraction of sp³-hybridized carbons (Fsp3) is 0.235. The third-order valence-corrected chi connectivity index (χ3v) is 3.25. The molecule has 0 fully saturated rings. The number of benzene rings is 2. The van der Waals surface area contributed by atoms with Crippen LogP contribution in [0.4, 0.5) is 0 Å². The average Bonchev–Trinajstić information content (AvgIpc) is 2.54. The molecule has 22 heavy (non-hydrogen) atoms. The summed E-state index contributed by atoms with van der Waals surface area (Å²) in [6.07, 6.45) is 0. The van der Waals surface area contributed by atoms with Crippen LogP contribution in [0.25, 0.3) is 0 Å². The van der Waals surface area contributed by atoms with Gasteiger partial charge < -0.3 is 14.8 Å². The van der Waals surface area contributed by atoms with Gasteiger partial charge in [0.15, 0.2) is 0 Å². The Morgan fingerprint density at radius 2 is 1.95 bits per heavy atom. The van der Waals surface area contributed by atoms with Crippen molar-refractivity contribution in [3.63, 3.8) is 0 Å². The van der Waals surface area contributed by atoms with Crippen molar-refractivity contribution in [2.24, 2.45) is 0 Å². The van der Waals surface area contributed by atoms with Crippen LogP contribution in [0.1, 0.15) is 15.9 Å². The van der Waals surface area contributed by atoms with Crippen LogP contribution in [0.5, 0.6) is 5.75 Å². The number of carbonyl (C=O) groups is 1. The molecule has 0 spiro atoms. The predicted octanol–water partition coefficient (Wildman–Crippen LogP) is 3.30. The maximum absolute atomic E-state index is 12.2.